The van der Waals surface area contributed by atoms with Gasteiger partial charge in [0.05, 0.1) is 19.3 Å². The lowest BCUT2D eigenvalue weighted by molar-refractivity contribution is -0.142. The van der Waals surface area contributed by atoms with Gasteiger partial charge in [0.1, 0.15) is 5.25 Å². The largest absolute Gasteiger partial charge is 0.468 e. The van der Waals surface area contributed by atoms with Gasteiger partial charge in [0.15, 0.2) is 0 Å². The van der Waals surface area contributed by atoms with Gasteiger partial charge in [-0.1, -0.05) is 18.2 Å². The minimum atomic E-state index is -0.926. The van der Waals surface area contributed by atoms with Gasteiger partial charge in [0, 0.05) is 11.3 Å². The molecule has 102 valence electrons. The van der Waals surface area contributed by atoms with Crippen molar-refractivity contribution in [3.05, 3.63) is 35.9 Å². The van der Waals surface area contributed by atoms with Crippen molar-refractivity contribution in [2.45, 2.75) is 17.4 Å². The van der Waals surface area contributed by atoms with Crippen molar-refractivity contribution in [3.63, 3.8) is 0 Å². The van der Waals surface area contributed by atoms with Crippen LogP contribution in [0.2, 0.25) is 0 Å². The monoisotopic (exact) mass is 281 g/mol. The van der Waals surface area contributed by atoms with Crippen LogP contribution in [0.3, 0.4) is 0 Å². The molecule has 0 aromatic heterocycles. The van der Waals surface area contributed by atoms with Crippen LogP contribution in [0.15, 0.2) is 30.3 Å². The smallest absolute Gasteiger partial charge is 0.321 e. The highest BCUT2D eigenvalue weighted by Crippen LogP contribution is 2.28. The predicted molar refractivity (Wildman–Crippen MR) is 72.0 cm³/mol. The van der Waals surface area contributed by atoms with Gasteiger partial charge in [-0.05, 0) is 12.1 Å². The van der Waals surface area contributed by atoms with E-state index in [4.69, 9.17) is 0 Å². The van der Waals surface area contributed by atoms with Gasteiger partial charge in [-0.3, -0.25) is 9.59 Å². The number of rotatable bonds is 3. The summed E-state index contributed by atoms with van der Waals surface area (Å²) in [7, 11) is 1.28. The molecule has 2 N–H and O–H groups in total. The molecule has 0 radical (unpaired) electrons. The number of amides is 1. The molecule has 2 rings (SSSR count). The zero-order valence-electron chi connectivity index (χ0n) is 10.4. The molecule has 5 nitrogen and oxygen atoms in total. The minimum absolute atomic E-state index is 0.254. The number of nitrogens with one attached hydrogen (secondary N) is 1. The fourth-order valence-electron chi connectivity index (χ4n) is 1.91. The molecule has 0 spiro atoms. The maximum absolute atomic E-state index is 11.9. The normalized spacial score (nSPS) is 25.9. The Morgan fingerprint density at radius 1 is 1.37 bits per heavy atom. The lowest BCUT2D eigenvalue weighted by Gasteiger charge is -2.18. The van der Waals surface area contributed by atoms with Crippen LogP contribution in [-0.2, 0) is 9.53 Å². The first-order chi connectivity index (χ1) is 9.13. The molecule has 1 aromatic rings. The number of aliphatic hydroxyl groups is 1. The van der Waals surface area contributed by atoms with E-state index < -0.39 is 23.4 Å². The predicted octanol–water partition coefficient (Wildman–Crippen LogP) is 0.434. The first kappa shape index (κ1) is 13.9. The molecular formula is C13H15NO4S. The molecule has 19 heavy (non-hydrogen) atoms. The summed E-state index contributed by atoms with van der Waals surface area (Å²) in [5.41, 5.74) is 0.529. The van der Waals surface area contributed by atoms with E-state index in [1.807, 2.05) is 6.07 Å². The van der Waals surface area contributed by atoms with E-state index >= 15 is 0 Å². The SMILES string of the molecule is COC(=O)[C@H]1SC[C@H](NC(=O)c2ccccc2)[C@H]1O. The molecular weight excluding hydrogens is 266 g/mol. The van der Waals surface area contributed by atoms with Crippen LogP contribution in [0.1, 0.15) is 10.4 Å². The Labute approximate surface area is 115 Å². The number of hydrogen-bond donors (Lipinski definition) is 2. The molecule has 0 saturated carbocycles. The third-order valence-corrected chi connectivity index (χ3v) is 4.35. The first-order valence-electron chi connectivity index (χ1n) is 5.87. The van der Waals surface area contributed by atoms with Crippen molar-refractivity contribution in [1.82, 2.24) is 5.32 Å². The van der Waals surface area contributed by atoms with Crippen molar-refractivity contribution in [1.29, 1.82) is 0 Å². The highest BCUT2D eigenvalue weighted by atomic mass is 32.2. The van der Waals surface area contributed by atoms with Crippen molar-refractivity contribution in [2.75, 3.05) is 12.9 Å². The summed E-state index contributed by atoms with van der Waals surface area (Å²) in [6, 6.07) is 8.31. The highest BCUT2D eigenvalue weighted by molar-refractivity contribution is 8.01. The van der Waals surface area contributed by atoms with Gasteiger partial charge in [-0.15, -0.1) is 11.8 Å². The number of methoxy groups -OCH3 is 1. The average Bonchev–Trinajstić information content (AvgIpc) is 2.80. The maximum Gasteiger partial charge on any atom is 0.321 e. The quantitative estimate of drug-likeness (QED) is 0.786. The molecule has 1 aliphatic heterocycles. The van der Waals surface area contributed by atoms with Crippen LogP contribution in [0.25, 0.3) is 0 Å². The highest BCUT2D eigenvalue weighted by Gasteiger charge is 2.41. The average molecular weight is 281 g/mol. The standard InChI is InChI=1S/C13H15NO4S/c1-18-13(17)11-10(15)9(7-19-11)14-12(16)8-5-3-2-4-6-8/h2-6,9-11,15H,7H2,1H3,(H,14,16)/t9-,10+,11-/m0/s1. The van der Waals surface area contributed by atoms with Crippen molar-refractivity contribution in [3.8, 4) is 0 Å². The lowest BCUT2D eigenvalue weighted by atomic mass is 10.1. The van der Waals surface area contributed by atoms with E-state index in [0.717, 1.165) is 0 Å². The molecule has 1 heterocycles. The Morgan fingerprint density at radius 2 is 2.05 bits per heavy atom. The van der Waals surface area contributed by atoms with E-state index in [-0.39, 0.29) is 5.91 Å². The van der Waals surface area contributed by atoms with Gasteiger partial charge in [-0.25, -0.2) is 0 Å². The van der Waals surface area contributed by atoms with E-state index in [9.17, 15) is 14.7 Å². The number of carbonyl (C=O) groups excluding carboxylic acids is 2. The molecule has 0 bridgehead atoms. The van der Waals surface area contributed by atoms with Gasteiger partial charge >= 0.3 is 5.97 Å². The number of hydrogen-bond acceptors (Lipinski definition) is 5. The molecule has 6 heteroatoms. The van der Waals surface area contributed by atoms with Crippen molar-refractivity contribution < 1.29 is 19.4 Å². The van der Waals surface area contributed by atoms with Gasteiger partial charge in [0.2, 0.25) is 0 Å². The second-order valence-corrected chi connectivity index (χ2v) is 5.39. The van der Waals surface area contributed by atoms with Crippen LogP contribution >= 0.6 is 11.8 Å². The van der Waals surface area contributed by atoms with Crippen LogP contribution in [-0.4, -0.2) is 47.2 Å². The van der Waals surface area contributed by atoms with Gasteiger partial charge in [-0.2, -0.15) is 0 Å². The molecule has 1 saturated heterocycles. The third-order valence-electron chi connectivity index (χ3n) is 2.96. The molecule has 0 aliphatic carbocycles. The number of aliphatic hydroxyl groups excluding tert-OH is 1. The Balaban J connectivity index is 1.98. The summed E-state index contributed by atoms with van der Waals surface area (Å²) in [5, 5.41) is 12.1. The fraction of sp³-hybridized carbons (Fsp3) is 0.385. The maximum atomic E-state index is 11.9. The lowest BCUT2D eigenvalue weighted by Crippen LogP contribution is -2.46. The molecule has 1 fully saturated rings. The summed E-state index contributed by atoms with van der Waals surface area (Å²) < 4.78 is 4.61. The first-order valence-corrected chi connectivity index (χ1v) is 6.91. The molecule has 0 unspecified atom stereocenters. The fourth-order valence-corrected chi connectivity index (χ4v) is 3.22. The molecule has 1 amide bonds. The summed E-state index contributed by atoms with van der Waals surface area (Å²) >= 11 is 1.29. The van der Waals surface area contributed by atoms with E-state index in [2.05, 4.69) is 10.1 Å². The summed E-state index contributed by atoms with van der Waals surface area (Å²) in [4.78, 5) is 23.4. The number of thioether (sulfide) groups is 1. The van der Waals surface area contributed by atoms with Crippen LogP contribution in [0.4, 0.5) is 0 Å². The summed E-state index contributed by atoms with van der Waals surface area (Å²) in [5.74, 6) is -0.232. The van der Waals surface area contributed by atoms with Crippen molar-refractivity contribution in [2.24, 2.45) is 0 Å². The Hall–Kier alpha value is -1.53. The molecule has 3 atom stereocenters. The van der Waals surface area contributed by atoms with Gasteiger partial charge in [0.25, 0.3) is 5.91 Å². The number of esters is 1. The van der Waals surface area contributed by atoms with Crippen LogP contribution < -0.4 is 5.32 Å². The third kappa shape index (κ3) is 3.08. The summed E-state index contributed by atoms with van der Waals surface area (Å²) in [6.07, 6.45) is -0.926. The zero-order valence-corrected chi connectivity index (χ0v) is 11.2. The zero-order chi connectivity index (χ0) is 13.8. The van der Waals surface area contributed by atoms with Gasteiger partial charge < -0.3 is 15.2 Å². The van der Waals surface area contributed by atoms with E-state index in [1.165, 1.54) is 18.9 Å². The Morgan fingerprint density at radius 3 is 2.68 bits per heavy atom. The van der Waals surface area contributed by atoms with Crippen LogP contribution in [0.5, 0.6) is 0 Å². The number of ether oxygens (including phenoxy) is 1. The topological polar surface area (TPSA) is 75.6 Å². The molecule has 1 aliphatic rings. The Kier molecular flexibility index (Phi) is 4.44. The Bertz CT molecular complexity index is 465. The number of carbonyl (C=O) groups is 2. The summed E-state index contributed by atoms with van der Waals surface area (Å²) in [6.45, 7) is 0. The van der Waals surface area contributed by atoms with E-state index in [1.54, 1.807) is 24.3 Å². The van der Waals surface area contributed by atoms with Crippen molar-refractivity contribution >= 4 is 23.6 Å². The minimum Gasteiger partial charge on any atom is -0.468 e. The van der Waals surface area contributed by atoms with Crippen LogP contribution in [0, 0.1) is 0 Å². The second-order valence-electron chi connectivity index (χ2n) is 4.21. The second kappa shape index (κ2) is 6.08. The molecule has 1 aromatic carbocycles. The number of benzene rings is 1. The van der Waals surface area contributed by atoms with E-state index in [0.29, 0.717) is 11.3 Å².